The second-order valence-corrected chi connectivity index (χ2v) is 4.84. The summed E-state index contributed by atoms with van der Waals surface area (Å²) >= 11 is 0. The summed E-state index contributed by atoms with van der Waals surface area (Å²) in [7, 11) is 0. The molecule has 1 aliphatic rings. The van der Waals surface area contributed by atoms with E-state index in [-0.39, 0.29) is 5.92 Å². The molecule has 1 heterocycles. The number of hydrogen-bond donors (Lipinski definition) is 2. The fourth-order valence-corrected chi connectivity index (χ4v) is 2.52. The maximum absolute atomic E-state index is 11.3. The van der Waals surface area contributed by atoms with Crippen molar-refractivity contribution in [2.45, 2.75) is 51.4 Å². The standard InChI is InChI=1S/C12H18N2O2/c1-7(2)10-9(12(15)16)11(14-13-10)8-5-3-4-6-8/h7-8H,3-6H2,1-2H3,(H,13,14)(H,15,16). The molecule has 1 aromatic rings. The molecule has 16 heavy (non-hydrogen) atoms. The lowest BCUT2D eigenvalue weighted by Gasteiger charge is -2.08. The molecule has 4 heteroatoms. The highest BCUT2D eigenvalue weighted by atomic mass is 16.4. The molecule has 0 aromatic carbocycles. The summed E-state index contributed by atoms with van der Waals surface area (Å²) < 4.78 is 0. The Kier molecular flexibility index (Phi) is 2.99. The van der Waals surface area contributed by atoms with Crippen molar-refractivity contribution in [1.29, 1.82) is 0 Å². The van der Waals surface area contributed by atoms with E-state index in [0.29, 0.717) is 17.2 Å². The van der Waals surface area contributed by atoms with Crippen LogP contribution in [0.5, 0.6) is 0 Å². The lowest BCUT2D eigenvalue weighted by Crippen LogP contribution is -2.07. The van der Waals surface area contributed by atoms with Crippen LogP contribution in [0.25, 0.3) is 0 Å². The Morgan fingerprint density at radius 3 is 2.56 bits per heavy atom. The van der Waals surface area contributed by atoms with Crippen LogP contribution in [0, 0.1) is 0 Å². The number of carbonyl (C=O) groups is 1. The maximum atomic E-state index is 11.3. The molecule has 4 nitrogen and oxygen atoms in total. The quantitative estimate of drug-likeness (QED) is 0.826. The van der Waals surface area contributed by atoms with Gasteiger partial charge in [0.15, 0.2) is 0 Å². The molecule has 0 spiro atoms. The molecular formula is C12H18N2O2. The number of nitrogens with one attached hydrogen (secondary N) is 1. The van der Waals surface area contributed by atoms with Crippen molar-refractivity contribution in [3.63, 3.8) is 0 Å². The van der Waals surface area contributed by atoms with E-state index in [0.717, 1.165) is 18.5 Å². The van der Waals surface area contributed by atoms with Crippen LogP contribution in [0.15, 0.2) is 0 Å². The third kappa shape index (κ3) is 1.84. The largest absolute Gasteiger partial charge is 0.478 e. The van der Waals surface area contributed by atoms with Crippen LogP contribution in [0.2, 0.25) is 0 Å². The fourth-order valence-electron chi connectivity index (χ4n) is 2.52. The average Bonchev–Trinajstić information content (AvgIpc) is 2.85. The molecule has 0 unspecified atom stereocenters. The number of hydrogen-bond acceptors (Lipinski definition) is 2. The smallest absolute Gasteiger partial charge is 0.339 e. The molecule has 1 fully saturated rings. The summed E-state index contributed by atoms with van der Waals surface area (Å²) in [5.74, 6) is -0.331. The van der Waals surface area contributed by atoms with Gasteiger partial charge in [-0.1, -0.05) is 26.7 Å². The maximum Gasteiger partial charge on any atom is 0.339 e. The first-order chi connectivity index (χ1) is 7.61. The monoisotopic (exact) mass is 222 g/mol. The van der Waals surface area contributed by atoms with Crippen LogP contribution < -0.4 is 0 Å². The molecule has 0 bridgehead atoms. The van der Waals surface area contributed by atoms with Gasteiger partial charge >= 0.3 is 5.97 Å². The van der Waals surface area contributed by atoms with Crippen molar-refractivity contribution in [3.8, 4) is 0 Å². The molecular weight excluding hydrogens is 204 g/mol. The van der Waals surface area contributed by atoms with Gasteiger partial charge in [0.05, 0.1) is 11.4 Å². The summed E-state index contributed by atoms with van der Waals surface area (Å²) in [6.07, 6.45) is 4.56. The molecule has 0 saturated heterocycles. The summed E-state index contributed by atoms with van der Waals surface area (Å²) in [5.41, 5.74) is 1.95. The number of nitrogens with zero attached hydrogens (tertiary/aromatic N) is 1. The van der Waals surface area contributed by atoms with Crippen molar-refractivity contribution in [2.75, 3.05) is 0 Å². The lowest BCUT2D eigenvalue weighted by atomic mass is 9.96. The van der Waals surface area contributed by atoms with E-state index in [1.807, 2.05) is 13.8 Å². The summed E-state index contributed by atoms with van der Waals surface area (Å²) in [5, 5.41) is 16.4. The van der Waals surface area contributed by atoms with Crippen LogP contribution in [0.1, 0.15) is 73.1 Å². The van der Waals surface area contributed by atoms with Gasteiger partial charge in [-0.05, 0) is 18.8 Å². The minimum absolute atomic E-state index is 0.150. The number of rotatable bonds is 3. The number of aromatic carboxylic acids is 1. The second-order valence-electron chi connectivity index (χ2n) is 4.84. The molecule has 0 amide bonds. The van der Waals surface area contributed by atoms with Gasteiger partial charge in [-0.15, -0.1) is 0 Å². The minimum atomic E-state index is -0.848. The Bertz CT molecular complexity index is 390. The second kappa shape index (κ2) is 4.28. The zero-order chi connectivity index (χ0) is 11.7. The number of carboxylic acids is 1. The van der Waals surface area contributed by atoms with Crippen LogP contribution in [0.3, 0.4) is 0 Å². The number of aromatic amines is 1. The van der Waals surface area contributed by atoms with Gasteiger partial charge in [-0.25, -0.2) is 4.79 Å². The Morgan fingerprint density at radius 1 is 1.44 bits per heavy atom. The summed E-state index contributed by atoms with van der Waals surface area (Å²) in [4.78, 5) is 11.3. The number of carboxylic acid groups (broad SMARTS) is 1. The molecule has 1 aromatic heterocycles. The van der Waals surface area contributed by atoms with Crippen LogP contribution in [0.4, 0.5) is 0 Å². The molecule has 2 N–H and O–H groups in total. The van der Waals surface area contributed by atoms with Gasteiger partial charge in [0.1, 0.15) is 5.56 Å². The van der Waals surface area contributed by atoms with Crippen molar-refractivity contribution in [2.24, 2.45) is 0 Å². The van der Waals surface area contributed by atoms with E-state index in [2.05, 4.69) is 10.2 Å². The van der Waals surface area contributed by atoms with Crippen molar-refractivity contribution in [1.82, 2.24) is 10.2 Å². The van der Waals surface area contributed by atoms with Gasteiger partial charge < -0.3 is 5.11 Å². The van der Waals surface area contributed by atoms with E-state index in [1.54, 1.807) is 0 Å². The number of H-pyrrole nitrogens is 1. The van der Waals surface area contributed by atoms with E-state index in [4.69, 9.17) is 0 Å². The Balaban J connectivity index is 2.41. The highest BCUT2D eigenvalue weighted by molar-refractivity contribution is 5.90. The summed E-state index contributed by atoms with van der Waals surface area (Å²) in [6, 6.07) is 0. The van der Waals surface area contributed by atoms with Crippen molar-refractivity contribution in [3.05, 3.63) is 17.0 Å². The van der Waals surface area contributed by atoms with E-state index >= 15 is 0 Å². The first-order valence-corrected chi connectivity index (χ1v) is 5.92. The van der Waals surface area contributed by atoms with Gasteiger partial charge in [-0.3, -0.25) is 5.10 Å². The Labute approximate surface area is 95.1 Å². The Hall–Kier alpha value is -1.32. The minimum Gasteiger partial charge on any atom is -0.478 e. The molecule has 0 aliphatic heterocycles. The average molecular weight is 222 g/mol. The highest BCUT2D eigenvalue weighted by Gasteiger charge is 2.28. The Morgan fingerprint density at radius 2 is 2.06 bits per heavy atom. The first kappa shape index (κ1) is 11.2. The predicted molar refractivity (Wildman–Crippen MR) is 60.8 cm³/mol. The van der Waals surface area contributed by atoms with Crippen LogP contribution >= 0.6 is 0 Å². The van der Waals surface area contributed by atoms with Gasteiger partial charge in [-0.2, -0.15) is 5.10 Å². The zero-order valence-corrected chi connectivity index (χ0v) is 9.79. The molecule has 1 aliphatic carbocycles. The van der Waals surface area contributed by atoms with Gasteiger partial charge in [0.2, 0.25) is 0 Å². The molecule has 2 rings (SSSR count). The molecule has 0 atom stereocenters. The first-order valence-electron chi connectivity index (χ1n) is 5.92. The van der Waals surface area contributed by atoms with E-state index < -0.39 is 5.97 Å². The SMILES string of the molecule is CC(C)c1n[nH]c(C2CCCC2)c1C(=O)O. The third-order valence-electron chi connectivity index (χ3n) is 3.35. The van der Waals surface area contributed by atoms with Crippen LogP contribution in [-0.4, -0.2) is 21.3 Å². The molecule has 0 radical (unpaired) electrons. The van der Waals surface area contributed by atoms with Crippen molar-refractivity contribution >= 4 is 5.97 Å². The predicted octanol–water partition coefficient (Wildman–Crippen LogP) is 2.89. The molecule has 1 saturated carbocycles. The number of aromatic nitrogens is 2. The van der Waals surface area contributed by atoms with Gasteiger partial charge in [0, 0.05) is 5.92 Å². The topological polar surface area (TPSA) is 66.0 Å². The zero-order valence-electron chi connectivity index (χ0n) is 9.79. The summed E-state index contributed by atoms with van der Waals surface area (Å²) in [6.45, 7) is 3.95. The fraction of sp³-hybridized carbons (Fsp3) is 0.667. The highest BCUT2D eigenvalue weighted by Crippen LogP contribution is 2.36. The lowest BCUT2D eigenvalue weighted by molar-refractivity contribution is 0.0693. The molecule has 88 valence electrons. The van der Waals surface area contributed by atoms with E-state index in [9.17, 15) is 9.90 Å². The van der Waals surface area contributed by atoms with Crippen molar-refractivity contribution < 1.29 is 9.90 Å². The van der Waals surface area contributed by atoms with Gasteiger partial charge in [0.25, 0.3) is 0 Å². The van der Waals surface area contributed by atoms with Crippen LogP contribution in [-0.2, 0) is 0 Å². The third-order valence-corrected chi connectivity index (χ3v) is 3.35. The van der Waals surface area contributed by atoms with E-state index in [1.165, 1.54) is 12.8 Å². The normalized spacial score (nSPS) is 17.2.